The van der Waals surface area contributed by atoms with Crippen LogP contribution in [0.2, 0.25) is 0 Å². The summed E-state index contributed by atoms with van der Waals surface area (Å²) in [6, 6.07) is 23.5. The number of rotatable bonds is 9. The van der Waals surface area contributed by atoms with Crippen LogP contribution in [0.25, 0.3) is 10.9 Å². The molecule has 0 radical (unpaired) electrons. The fraction of sp³-hybridized carbons (Fsp3) is 0.259. The number of carbonyl (C=O) groups excluding carboxylic acids is 1. The van der Waals surface area contributed by atoms with Gasteiger partial charge in [0.25, 0.3) is 15.9 Å². The minimum absolute atomic E-state index is 0.0983. The molecule has 0 saturated heterocycles. The summed E-state index contributed by atoms with van der Waals surface area (Å²) >= 11 is 0. The SMILES string of the molecule is CCCCN(C)C(=O)c1nn(Cc2ccc(S(=O)(=O)N(C)c3ccccc3)cc2)c2ccccc12. The van der Waals surface area contributed by atoms with E-state index in [1.165, 1.54) is 4.31 Å². The zero-order valence-corrected chi connectivity index (χ0v) is 21.1. The third-order valence-corrected chi connectivity index (χ3v) is 7.89. The number of fused-ring (bicyclic) bond motifs is 1. The maximum Gasteiger partial charge on any atom is 0.274 e. The minimum Gasteiger partial charge on any atom is -0.340 e. The summed E-state index contributed by atoms with van der Waals surface area (Å²) in [5.74, 6) is -0.0983. The van der Waals surface area contributed by atoms with E-state index in [2.05, 4.69) is 12.0 Å². The third-order valence-electron chi connectivity index (χ3n) is 6.09. The van der Waals surface area contributed by atoms with Crippen molar-refractivity contribution in [1.29, 1.82) is 0 Å². The molecule has 1 aromatic heterocycles. The molecule has 1 heterocycles. The van der Waals surface area contributed by atoms with Crippen molar-refractivity contribution >= 4 is 32.5 Å². The lowest BCUT2D eigenvalue weighted by atomic mass is 10.2. The van der Waals surface area contributed by atoms with Gasteiger partial charge in [-0.15, -0.1) is 0 Å². The number of nitrogens with zero attached hydrogens (tertiary/aromatic N) is 4. The van der Waals surface area contributed by atoms with Gasteiger partial charge in [0.1, 0.15) is 0 Å². The number of hydrogen-bond acceptors (Lipinski definition) is 4. The molecule has 0 atom stereocenters. The lowest BCUT2D eigenvalue weighted by molar-refractivity contribution is 0.0788. The second-order valence-corrected chi connectivity index (χ2v) is 10.5. The lowest BCUT2D eigenvalue weighted by Gasteiger charge is -2.19. The molecule has 4 aromatic rings. The fourth-order valence-electron chi connectivity index (χ4n) is 3.96. The Morgan fingerprint density at radius 3 is 2.26 bits per heavy atom. The Balaban J connectivity index is 1.59. The number of carbonyl (C=O) groups is 1. The van der Waals surface area contributed by atoms with Crippen molar-refractivity contribution in [2.45, 2.75) is 31.2 Å². The molecule has 0 aliphatic rings. The summed E-state index contributed by atoms with van der Waals surface area (Å²) in [5.41, 5.74) is 2.78. The quantitative estimate of drug-likeness (QED) is 0.338. The molecule has 8 heteroatoms. The van der Waals surface area contributed by atoms with E-state index in [-0.39, 0.29) is 10.8 Å². The highest BCUT2D eigenvalue weighted by molar-refractivity contribution is 7.92. The van der Waals surface area contributed by atoms with Crippen molar-refractivity contribution in [3.8, 4) is 0 Å². The Morgan fingerprint density at radius 1 is 0.914 bits per heavy atom. The summed E-state index contributed by atoms with van der Waals surface area (Å²) in [7, 11) is -0.331. The summed E-state index contributed by atoms with van der Waals surface area (Å²) in [5, 5.41) is 5.46. The van der Waals surface area contributed by atoms with E-state index < -0.39 is 10.0 Å². The third kappa shape index (κ3) is 5.07. The van der Waals surface area contributed by atoms with Crippen molar-refractivity contribution in [2.75, 3.05) is 24.9 Å². The highest BCUT2D eigenvalue weighted by atomic mass is 32.2. The van der Waals surface area contributed by atoms with Crippen molar-refractivity contribution in [3.63, 3.8) is 0 Å². The molecule has 3 aromatic carbocycles. The first-order valence-electron chi connectivity index (χ1n) is 11.7. The van der Waals surface area contributed by atoms with Gasteiger partial charge in [-0.25, -0.2) is 8.42 Å². The predicted molar refractivity (Wildman–Crippen MR) is 139 cm³/mol. The Kier molecular flexibility index (Phi) is 7.21. The van der Waals surface area contributed by atoms with Crippen LogP contribution in [-0.4, -0.2) is 49.6 Å². The van der Waals surface area contributed by atoms with Crippen molar-refractivity contribution in [3.05, 3.63) is 90.1 Å². The van der Waals surface area contributed by atoms with Crippen LogP contribution in [0.15, 0.2) is 83.8 Å². The maximum atomic E-state index is 13.1. The van der Waals surface area contributed by atoms with Crippen LogP contribution in [0, 0.1) is 0 Å². The molecular formula is C27H30N4O3S. The molecule has 0 spiro atoms. The first kappa shape index (κ1) is 24.5. The van der Waals surface area contributed by atoms with Crippen molar-refractivity contribution in [2.24, 2.45) is 0 Å². The Morgan fingerprint density at radius 2 is 1.57 bits per heavy atom. The number of anilines is 1. The zero-order chi connectivity index (χ0) is 25.0. The molecule has 4 rings (SSSR count). The van der Waals surface area contributed by atoms with Crippen LogP contribution in [0.5, 0.6) is 0 Å². The van der Waals surface area contributed by atoms with Gasteiger partial charge in [0.2, 0.25) is 0 Å². The van der Waals surface area contributed by atoms with Crippen LogP contribution in [-0.2, 0) is 16.6 Å². The second kappa shape index (κ2) is 10.3. The molecule has 0 aliphatic heterocycles. The summed E-state index contributed by atoms with van der Waals surface area (Å²) < 4.78 is 29.2. The molecule has 0 aliphatic carbocycles. The van der Waals surface area contributed by atoms with Gasteiger partial charge in [-0.05, 0) is 42.3 Å². The summed E-state index contributed by atoms with van der Waals surface area (Å²) in [6.07, 6.45) is 1.95. The second-order valence-electron chi connectivity index (χ2n) is 8.56. The van der Waals surface area contributed by atoms with Gasteiger partial charge < -0.3 is 4.90 Å². The van der Waals surface area contributed by atoms with E-state index in [9.17, 15) is 13.2 Å². The number of hydrogen-bond donors (Lipinski definition) is 0. The van der Waals surface area contributed by atoms with Gasteiger partial charge in [0.15, 0.2) is 5.69 Å². The van der Waals surface area contributed by atoms with Gasteiger partial charge in [0, 0.05) is 26.0 Å². The van der Waals surface area contributed by atoms with Gasteiger partial charge in [-0.2, -0.15) is 5.10 Å². The molecule has 0 N–H and O–H groups in total. The van der Waals surface area contributed by atoms with E-state index in [1.54, 1.807) is 72.2 Å². The topological polar surface area (TPSA) is 75.5 Å². The number of benzene rings is 3. The largest absolute Gasteiger partial charge is 0.340 e. The zero-order valence-electron chi connectivity index (χ0n) is 20.3. The molecule has 182 valence electrons. The normalized spacial score (nSPS) is 11.5. The van der Waals surface area contributed by atoms with E-state index >= 15 is 0 Å². The van der Waals surface area contributed by atoms with Crippen LogP contribution in [0.4, 0.5) is 5.69 Å². The van der Waals surface area contributed by atoms with Gasteiger partial charge >= 0.3 is 0 Å². The number of para-hydroxylation sites is 2. The average molecular weight is 491 g/mol. The predicted octanol–water partition coefficient (Wildman–Crippen LogP) is 4.78. The van der Waals surface area contributed by atoms with Crippen LogP contribution < -0.4 is 4.31 Å². The van der Waals surface area contributed by atoms with E-state index in [0.29, 0.717) is 24.5 Å². The number of unbranched alkanes of at least 4 members (excludes halogenated alkanes) is 1. The van der Waals surface area contributed by atoms with Gasteiger partial charge in [-0.1, -0.05) is 61.9 Å². The summed E-state index contributed by atoms with van der Waals surface area (Å²) in [4.78, 5) is 15.0. The van der Waals surface area contributed by atoms with Crippen molar-refractivity contribution < 1.29 is 13.2 Å². The smallest absolute Gasteiger partial charge is 0.274 e. The molecule has 0 unspecified atom stereocenters. The molecule has 0 fully saturated rings. The Labute approximate surface area is 206 Å². The number of sulfonamides is 1. The highest BCUT2D eigenvalue weighted by Crippen LogP contribution is 2.24. The first-order chi connectivity index (χ1) is 16.8. The van der Waals surface area contributed by atoms with Crippen LogP contribution in [0.1, 0.15) is 35.8 Å². The number of amides is 1. The molecule has 7 nitrogen and oxygen atoms in total. The van der Waals surface area contributed by atoms with E-state index in [1.807, 2.05) is 30.3 Å². The molecular weight excluding hydrogens is 460 g/mol. The van der Waals surface area contributed by atoms with Crippen LogP contribution >= 0.6 is 0 Å². The van der Waals surface area contributed by atoms with Crippen molar-refractivity contribution in [1.82, 2.24) is 14.7 Å². The highest BCUT2D eigenvalue weighted by Gasteiger charge is 2.22. The maximum absolute atomic E-state index is 13.1. The molecule has 0 saturated carbocycles. The summed E-state index contributed by atoms with van der Waals surface area (Å²) in [6.45, 7) is 3.20. The Hall–Kier alpha value is -3.65. The number of aromatic nitrogens is 2. The fourth-order valence-corrected chi connectivity index (χ4v) is 5.15. The monoisotopic (exact) mass is 490 g/mol. The van der Waals surface area contributed by atoms with E-state index in [4.69, 9.17) is 0 Å². The molecule has 0 bridgehead atoms. The molecule has 1 amide bonds. The van der Waals surface area contributed by atoms with Crippen LogP contribution in [0.3, 0.4) is 0 Å². The molecule has 35 heavy (non-hydrogen) atoms. The minimum atomic E-state index is -3.68. The van der Waals surface area contributed by atoms with E-state index in [0.717, 1.165) is 29.3 Å². The Bertz CT molecular complexity index is 1410. The van der Waals surface area contributed by atoms with Gasteiger partial charge in [-0.3, -0.25) is 13.8 Å². The van der Waals surface area contributed by atoms with Gasteiger partial charge in [0.05, 0.1) is 22.6 Å². The standard InChI is InChI=1S/C27H30N4O3S/c1-4-5-19-29(2)27(32)26-24-13-9-10-14-25(24)31(28-26)20-21-15-17-23(18-16-21)35(33,34)30(3)22-11-7-6-8-12-22/h6-18H,4-5,19-20H2,1-3H3. The first-order valence-corrected chi connectivity index (χ1v) is 13.1. The average Bonchev–Trinajstić information content (AvgIpc) is 3.25. The lowest BCUT2D eigenvalue weighted by Crippen LogP contribution is -2.28.